The lowest BCUT2D eigenvalue weighted by molar-refractivity contribution is -0.947. The lowest BCUT2D eigenvalue weighted by atomic mass is 9.95. The Morgan fingerprint density at radius 2 is 1.33 bits per heavy atom. The molecule has 0 radical (unpaired) electrons. The molecule has 0 aliphatic carbocycles. The van der Waals surface area contributed by atoms with E-state index in [-0.39, 0.29) is 23.9 Å². The molecular weight excluding hydrogens is 532 g/mol. The third-order valence-electron chi connectivity index (χ3n) is 10.2. The third-order valence-corrected chi connectivity index (χ3v) is 10.2. The Bertz CT molecular complexity index is 1190. The Kier molecular flexibility index (Phi) is 12.2. The maximum absolute atomic E-state index is 13.8. The number of benzene rings is 2. The van der Waals surface area contributed by atoms with Crippen molar-refractivity contribution in [2.24, 2.45) is 0 Å². The number of piperidine rings is 2. The minimum atomic E-state index is -0.0456. The number of anilines is 2. The Hall–Kier alpha value is -2.70. The third kappa shape index (κ3) is 8.48. The molecule has 6 nitrogen and oxygen atoms in total. The first kappa shape index (κ1) is 33.2. The zero-order chi connectivity index (χ0) is 30.8. The van der Waals surface area contributed by atoms with Crippen LogP contribution in [0.4, 0.5) is 11.4 Å². The molecule has 2 amide bonds. The van der Waals surface area contributed by atoms with Crippen molar-refractivity contribution in [3.8, 4) is 0 Å². The number of rotatable bonds is 13. The highest BCUT2D eigenvalue weighted by atomic mass is 16.2. The van der Waals surface area contributed by atoms with Crippen molar-refractivity contribution >= 4 is 23.2 Å². The van der Waals surface area contributed by atoms with E-state index in [2.05, 4.69) is 80.5 Å². The van der Waals surface area contributed by atoms with Crippen molar-refractivity contribution in [1.82, 2.24) is 4.90 Å². The normalized spacial score (nSPS) is 22.7. The van der Waals surface area contributed by atoms with Crippen molar-refractivity contribution in [3.05, 3.63) is 58.7 Å². The zero-order valence-electron chi connectivity index (χ0n) is 27.6. The minimum Gasteiger partial charge on any atom is -0.324 e. The van der Waals surface area contributed by atoms with Crippen LogP contribution in [0.1, 0.15) is 99.8 Å². The Morgan fingerprint density at radius 3 is 1.95 bits per heavy atom. The molecule has 0 saturated carbocycles. The number of hydrogen-bond acceptors (Lipinski definition) is 3. The van der Waals surface area contributed by atoms with E-state index < -0.39 is 0 Å². The van der Waals surface area contributed by atoms with Gasteiger partial charge in [0.25, 0.3) is 5.91 Å². The standard InChI is InChI=1S/C37H56N4O2/c1-6-7-25-41(27-14-10-22-33(41)37(43)39-35-30(4)19-16-20-31(35)5)26-13-8-11-23-40-24-12-9-21-32(40)36(42)38-34-28(2)17-15-18-29(34)3/h15-20,32-33H,6-14,21-27H2,1-5H3,(H-,38,39,42,43)/p+1. The summed E-state index contributed by atoms with van der Waals surface area (Å²) in [5, 5.41) is 6.63. The number of nitrogens with one attached hydrogen (secondary N) is 2. The summed E-state index contributed by atoms with van der Waals surface area (Å²) in [6.45, 7) is 15.8. The molecule has 2 N–H and O–H groups in total. The largest absolute Gasteiger partial charge is 0.324 e. The highest BCUT2D eigenvalue weighted by Crippen LogP contribution is 2.31. The van der Waals surface area contributed by atoms with Crippen molar-refractivity contribution in [2.75, 3.05) is 43.4 Å². The fourth-order valence-corrected chi connectivity index (χ4v) is 7.60. The van der Waals surface area contributed by atoms with Gasteiger partial charge in [-0.2, -0.15) is 0 Å². The molecule has 0 bridgehead atoms. The molecule has 2 aliphatic rings. The molecule has 4 rings (SSSR count). The van der Waals surface area contributed by atoms with Crippen molar-refractivity contribution in [2.45, 2.75) is 117 Å². The Morgan fingerprint density at radius 1 is 0.744 bits per heavy atom. The summed E-state index contributed by atoms with van der Waals surface area (Å²) < 4.78 is 0.940. The van der Waals surface area contributed by atoms with E-state index in [0.717, 1.165) is 129 Å². The van der Waals surface area contributed by atoms with Crippen LogP contribution in [-0.4, -0.2) is 66.0 Å². The van der Waals surface area contributed by atoms with Gasteiger partial charge >= 0.3 is 0 Å². The fourth-order valence-electron chi connectivity index (χ4n) is 7.60. The van der Waals surface area contributed by atoms with Gasteiger partial charge in [0.1, 0.15) is 0 Å². The number of nitrogens with zero attached hydrogens (tertiary/aromatic N) is 2. The number of para-hydroxylation sites is 2. The van der Waals surface area contributed by atoms with Crippen LogP contribution in [0.2, 0.25) is 0 Å². The summed E-state index contributed by atoms with van der Waals surface area (Å²) in [5.41, 5.74) is 6.47. The van der Waals surface area contributed by atoms with Crippen molar-refractivity contribution in [1.29, 1.82) is 0 Å². The van der Waals surface area contributed by atoms with E-state index in [1.54, 1.807) is 0 Å². The van der Waals surface area contributed by atoms with Gasteiger partial charge in [0.15, 0.2) is 6.04 Å². The second-order valence-corrected chi connectivity index (χ2v) is 13.4. The number of likely N-dealkylation sites (tertiary alicyclic amines) is 2. The summed E-state index contributed by atoms with van der Waals surface area (Å²) in [6, 6.07) is 12.4. The van der Waals surface area contributed by atoms with Crippen LogP contribution in [-0.2, 0) is 9.59 Å². The van der Waals surface area contributed by atoms with Gasteiger partial charge in [-0.1, -0.05) is 56.2 Å². The molecular formula is C37H57N4O2+. The molecule has 2 fully saturated rings. The lowest BCUT2D eigenvalue weighted by Crippen LogP contribution is -2.63. The predicted octanol–water partition coefficient (Wildman–Crippen LogP) is 7.69. The molecule has 43 heavy (non-hydrogen) atoms. The van der Waals surface area contributed by atoms with Crippen molar-refractivity contribution in [3.63, 3.8) is 0 Å². The molecule has 2 aromatic rings. The molecule has 2 aromatic carbocycles. The van der Waals surface area contributed by atoms with Crippen LogP contribution in [0.25, 0.3) is 0 Å². The Labute approximate surface area is 261 Å². The number of hydrogen-bond donors (Lipinski definition) is 2. The number of quaternary nitrogens is 1. The molecule has 2 aliphatic heterocycles. The van der Waals surface area contributed by atoms with Gasteiger partial charge in [-0.15, -0.1) is 0 Å². The number of carbonyl (C=O) groups excluding carboxylic acids is 2. The minimum absolute atomic E-state index is 0.0272. The van der Waals surface area contributed by atoms with Crippen LogP contribution in [0.15, 0.2) is 36.4 Å². The molecule has 236 valence electrons. The van der Waals surface area contributed by atoms with Crippen LogP contribution < -0.4 is 10.6 Å². The molecule has 3 unspecified atom stereocenters. The van der Waals surface area contributed by atoms with Crippen LogP contribution in [0.3, 0.4) is 0 Å². The molecule has 0 spiro atoms. The highest BCUT2D eigenvalue weighted by molar-refractivity contribution is 5.96. The second kappa shape index (κ2) is 15.9. The first-order valence-electron chi connectivity index (χ1n) is 17.1. The van der Waals surface area contributed by atoms with Gasteiger partial charge in [0, 0.05) is 17.8 Å². The van der Waals surface area contributed by atoms with E-state index in [9.17, 15) is 9.59 Å². The Balaban J connectivity index is 1.35. The van der Waals surface area contributed by atoms with Gasteiger partial charge < -0.3 is 15.1 Å². The van der Waals surface area contributed by atoms with Gasteiger partial charge in [-0.3, -0.25) is 14.5 Å². The fraction of sp³-hybridized carbons (Fsp3) is 0.622. The van der Waals surface area contributed by atoms with Crippen LogP contribution >= 0.6 is 0 Å². The first-order valence-corrected chi connectivity index (χ1v) is 17.1. The smallest absolute Gasteiger partial charge is 0.282 e. The summed E-state index contributed by atoms with van der Waals surface area (Å²) in [5.74, 6) is 0.353. The summed E-state index contributed by atoms with van der Waals surface area (Å²) in [7, 11) is 0. The maximum atomic E-state index is 13.8. The van der Waals surface area contributed by atoms with Crippen LogP contribution in [0.5, 0.6) is 0 Å². The van der Waals surface area contributed by atoms with E-state index in [0.29, 0.717) is 0 Å². The first-order chi connectivity index (χ1) is 20.8. The summed E-state index contributed by atoms with van der Waals surface area (Å²) in [4.78, 5) is 29.7. The molecule has 3 atom stereocenters. The van der Waals surface area contributed by atoms with Crippen molar-refractivity contribution < 1.29 is 14.1 Å². The van der Waals surface area contributed by atoms with E-state index >= 15 is 0 Å². The number of unbranched alkanes of at least 4 members (excludes halogenated alkanes) is 3. The zero-order valence-corrected chi connectivity index (χ0v) is 27.6. The summed E-state index contributed by atoms with van der Waals surface area (Å²) >= 11 is 0. The second-order valence-electron chi connectivity index (χ2n) is 13.4. The molecule has 2 saturated heterocycles. The molecule has 2 heterocycles. The maximum Gasteiger partial charge on any atom is 0.282 e. The molecule has 0 aromatic heterocycles. The number of aryl methyl sites for hydroxylation is 4. The lowest BCUT2D eigenvalue weighted by Gasteiger charge is -2.47. The topological polar surface area (TPSA) is 61.4 Å². The predicted molar refractivity (Wildman–Crippen MR) is 180 cm³/mol. The van der Waals surface area contributed by atoms with E-state index in [1.165, 1.54) is 12.8 Å². The molecule has 6 heteroatoms. The number of carbonyl (C=O) groups is 2. The van der Waals surface area contributed by atoms with E-state index in [1.807, 2.05) is 6.07 Å². The highest BCUT2D eigenvalue weighted by Gasteiger charge is 2.43. The average molecular weight is 590 g/mol. The monoisotopic (exact) mass is 589 g/mol. The summed E-state index contributed by atoms with van der Waals surface area (Å²) in [6.07, 6.45) is 12.2. The van der Waals surface area contributed by atoms with Gasteiger partial charge in [-0.25, -0.2) is 0 Å². The van der Waals surface area contributed by atoms with E-state index in [4.69, 9.17) is 0 Å². The van der Waals surface area contributed by atoms with Gasteiger partial charge in [-0.05, 0) is 114 Å². The van der Waals surface area contributed by atoms with Crippen LogP contribution in [0, 0.1) is 27.7 Å². The SMILES string of the molecule is CCCC[N+]1(CCCCCN2CCCCC2C(=O)Nc2c(C)cccc2C)CCCCC1C(=O)Nc1c(C)cccc1C. The average Bonchev–Trinajstić information content (AvgIpc) is 3.00. The van der Waals surface area contributed by atoms with Gasteiger partial charge in [0.05, 0.1) is 25.7 Å². The number of amides is 2. The quantitative estimate of drug-likeness (QED) is 0.186. The van der Waals surface area contributed by atoms with Gasteiger partial charge in [0.2, 0.25) is 5.91 Å².